The van der Waals surface area contributed by atoms with Crippen molar-refractivity contribution in [2.75, 3.05) is 7.11 Å². The van der Waals surface area contributed by atoms with Crippen LogP contribution in [-0.2, 0) is 11.3 Å². The maximum Gasteiger partial charge on any atom is 0.186 e. The van der Waals surface area contributed by atoms with Gasteiger partial charge < -0.3 is 4.74 Å². The molecular weight excluding hydrogens is 271 g/mol. The molecular formula is C16H13FN2O2. The molecule has 0 saturated carbocycles. The molecule has 0 aliphatic heterocycles. The van der Waals surface area contributed by atoms with Crippen LogP contribution in [0.2, 0.25) is 0 Å². The van der Waals surface area contributed by atoms with E-state index < -0.39 is 11.7 Å². The molecule has 1 atom stereocenters. The number of hydrogen-bond acceptors (Lipinski definition) is 4. The predicted molar refractivity (Wildman–Crippen MR) is 74.0 cm³/mol. The number of rotatable bonds is 5. The molecule has 0 amide bonds. The van der Waals surface area contributed by atoms with Crippen LogP contribution in [0.25, 0.3) is 0 Å². The van der Waals surface area contributed by atoms with Gasteiger partial charge in [-0.3, -0.25) is 9.78 Å². The first-order valence-electron chi connectivity index (χ1n) is 6.29. The van der Waals surface area contributed by atoms with Crippen molar-refractivity contribution in [2.45, 2.75) is 12.5 Å². The molecule has 2 aromatic rings. The highest BCUT2D eigenvalue weighted by atomic mass is 19.1. The van der Waals surface area contributed by atoms with E-state index in [0.29, 0.717) is 12.2 Å². The van der Waals surface area contributed by atoms with E-state index in [1.165, 1.54) is 12.1 Å². The monoisotopic (exact) mass is 284 g/mol. The number of nitriles is 1. The normalized spacial score (nSPS) is 11.7. The second-order valence-electron chi connectivity index (χ2n) is 4.46. The standard InChI is InChI=1S/C16H13FN2O2/c1-21-10-11-3-2-4-12(7-11)16(20)14(8-18)15-6-5-13(17)9-19-15/h2-7,9,14H,10H2,1H3/t14-/m1/s1. The molecule has 0 N–H and O–H groups in total. The fourth-order valence-electron chi connectivity index (χ4n) is 1.96. The Hall–Kier alpha value is -2.58. The van der Waals surface area contributed by atoms with E-state index in [4.69, 9.17) is 4.74 Å². The van der Waals surface area contributed by atoms with E-state index in [-0.39, 0.29) is 11.5 Å². The van der Waals surface area contributed by atoms with Gasteiger partial charge in [-0.2, -0.15) is 5.26 Å². The number of Topliss-reactive ketones (excluding diaryl/α,β-unsaturated/α-hetero) is 1. The quantitative estimate of drug-likeness (QED) is 0.792. The summed E-state index contributed by atoms with van der Waals surface area (Å²) in [6, 6.07) is 11.3. The number of carbonyl (C=O) groups excluding carboxylic acids is 1. The van der Waals surface area contributed by atoms with Crippen LogP contribution in [0.4, 0.5) is 4.39 Å². The molecule has 0 spiro atoms. The third-order valence-corrected chi connectivity index (χ3v) is 2.96. The topological polar surface area (TPSA) is 63.0 Å². The SMILES string of the molecule is COCc1cccc(C(=O)[C@H](C#N)c2ccc(F)cn2)c1. The molecule has 1 heterocycles. The van der Waals surface area contributed by atoms with E-state index in [1.807, 2.05) is 12.1 Å². The maximum atomic E-state index is 12.9. The summed E-state index contributed by atoms with van der Waals surface area (Å²) in [6.07, 6.45) is 0.994. The zero-order chi connectivity index (χ0) is 15.2. The Labute approximate surface area is 121 Å². The van der Waals surface area contributed by atoms with Gasteiger partial charge in [0, 0.05) is 12.7 Å². The predicted octanol–water partition coefficient (Wildman–Crippen LogP) is 2.86. The maximum absolute atomic E-state index is 12.9. The highest BCUT2D eigenvalue weighted by molar-refractivity contribution is 6.02. The van der Waals surface area contributed by atoms with E-state index >= 15 is 0 Å². The van der Waals surface area contributed by atoms with Gasteiger partial charge in [-0.25, -0.2) is 4.39 Å². The lowest BCUT2D eigenvalue weighted by Gasteiger charge is -2.09. The van der Waals surface area contributed by atoms with Crippen molar-refractivity contribution >= 4 is 5.78 Å². The van der Waals surface area contributed by atoms with Crippen molar-refractivity contribution in [3.63, 3.8) is 0 Å². The number of hydrogen-bond donors (Lipinski definition) is 0. The lowest BCUT2D eigenvalue weighted by atomic mass is 9.94. The summed E-state index contributed by atoms with van der Waals surface area (Å²) in [4.78, 5) is 16.2. The second-order valence-corrected chi connectivity index (χ2v) is 4.46. The molecule has 21 heavy (non-hydrogen) atoms. The fourth-order valence-corrected chi connectivity index (χ4v) is 1.96. The van der Waals surface area contributed by atoms with Gasteiger partial charge in [0.05, 0.1) is 24.6 Å². The Morgan fingerprint density at radius 2 is 2.24 bits per heavy atom. The minimum absolute atomic E-state index is 0.237. The van der Waals surface area contributed by atoms with Crippen LogP contribution in [0.1, 0.15) is 27.5 Å². The molecule has 0 radical (unpaired) electrons. The van der Waals surface area contributed by atoms with Gasteiger partial charge in [0.25, 0.3) is 0 Å². The number of ether oxygens (including phenoxy) is 1. The molecule has 1 aromatic carbocycles. The number of halogens is 1. The number of pyridine rings is 1. The molecule has 2 rings (SSSR count). The third kappa shape index (κ3) is 3.50. The zero-order valence-corrected chi connectivity index (χ0v) is 11.4. The molecule has 0 aliphatic rings. The Morgan fingerprint density at radius 3 is 2.86 bits per heavy atom. The average molecular weight is 284 g/mol. The van der Waals surface area contributed by atoms with E-state index in [0.717, 1.165) is 11.8 Å². The minimum Gasteiger partial charge on any atom is -0.380 e. The van der Waals surface area contributed by atoms with Crippen LogP contribution in [-0.4, -0.2) is 17.9 Å². The molecule has 4 nitrogen and oxygen atoms in total. The Balaban J connectivity index is 2.30. The molecule has 0 unspecified atom stereocenters. The lowest BCUT2D eigenvalue weighted by Crippen LogP contribution is -2.13. The number of methoxy groups -OCH3 is 1. The Bertz CT molecular complexity index is 677. The van der Waals surface area contributed by atoms with Crippen molar-refractivity contribution in [3.05, 3.63) is 65.2 Å². The van der Waals surface area contributed by atoms with Crippen molar-refractivity contribution in [2.24, 2.45) is 0 Å². The summed E-state index contributed by atoms with van der Waals surface area (Å²) < 4.78 is 17.9. The Morgan fingerprint density at radius 1 is 1.43 bits per heavy atom. The van der Waals surface area contributed by atoms with Gasteiger partial charge in [-0.1, -0.05) is 18.2 Å². The Kier molecular flexibility index (Phi) is 4.75. The lowest BCUT2D eigenvalue weighted by molar-refractivity contribution is 0.0977. The first-order valence-corrected chi connectivity index (χ1v) is 6.29. The largest absolute Gasteiger partial charge is 0.380 e. The van der Waals surface area contributed by atoms with Gasteiger partial charge in [0.2, 0.25) is 0 Å². The van der Waals surface area contributed by atoms with Crippen molar-refractivity contribution in [3.8, 4) is 6.07 Å². The fraction of sp³-hybridized carbons (Fsp3) is 0.188. The average Bonchev–Trinajstić information content (AvgIpc) is 2.50. The van der Waals surface area contributed by atoms with E-state index in [9.17, 15) is 14.4 Å². The smallest absolute Gasteiger partial charge is 0.186 e. The number of nitrogens with zero attached hydrogens (tertiary/aromatic N) is 2. The van der Waals surface area contributed by atoms with Crippen LogP contribution in [0.3, 0.4) is 0 Å². The molecule has 0 fully saturated rings. The third-order valence-electron chi connectivity index (χ3n) is 2.96. The summed E-state index contributed by atoms with van der Waals surface area (Å²) >= 11 is 0. The zero-order valence-electron chi connectivity index (χ0n) is 11.4. The van der Waals surface area contributed by atoms with Gasteiger partial charge in [0.15, 0.2) is 11.7 Å². The highest BCUT2D eigenvalue weighted by Crippen LogP contribution is 2.20. The van der Waals surface area contributed by atoms with Crippen molar-refractivity contribution in [1.29, 1.82) is 5.26 Å². The first-order chi connectivity index (χ1) is 10.2. The van der Waals surface area contributed by atoms with Gasteiger partial charge in [-0.05, 0) is 23.8 Å². The molecule has 106 valence electrons. The summed E-state index contributed by atoms with van der Waals surface area (Å²) in [5.41, 5.74) is 1.48. The molecule has 0 saturated heterocycles. The minimum atomic E-state index is -1.05. The van der Waals surface area contributed by atoms with Crippen LogP contribution < -0.4 is 0 Å². The molecule has 1 aromatic heterocycles. The van der Waals surface area contributed by atoms with Crippen molar-refractivity contribution < 1.29 is 13.9 Å². The van der Waals surface area contributed by atoms with Crippen LogP contribution in [0.5, 0.6) is 0 Å². The van der Waals surface area contributed by atoms with Crippen molar-refractivity contribution in [1.82, 2.24) is 4.98 Å². The van der Waals surface area contributed by atoms with E-state index in [2.05, 4.69) is 4.98 Å². The number of carbonyl (C=O) groups is 1. The summed E-state index contributed by atoms with van der Waals surface area (Å²) in [6.45, 7) is 0.382. The van der Waals surface area contributed by atoms with Crippen LogP contribution in [0, 0.1) is 17.1 Å². The van der Waals surface area contributed by atoms with Crippen LogP contribution >= 0.6 is 0 Å². The van der Waals surface area contributed by atoms with Gasteiger partial charge in [-0.15, -0.1) is 0 Å². The van der Waals surface area contributed by atoms with Gasteiger partial charge >= 0.3 is 0 Å². The van der Waals surface area contributed by atoms with Crippen LogP contribution in [0.15, 0.2) is 42.6 Å². The number of ketones is 1. The first kappa shape index (κ1) is 14.8. The highest BCUT2D eigenvalue weighted by Gasteiger charge is 2.23. The summed E-state index contributed by atoms with van der Waals surface area (Å²) in [5.74, 6) is -1.93. The number of aromatic nitrogens is 1. The molecule has 5 heteroatoms. The molecule has 0 aliphatic carbocycles. The second kappa shape index (κ2) is 6.73. The van der Waals surface area contributed by atoms with Gasteiger partial charge in [0.1, 0.15) is 5.82 Å². The number of benzene rings is 1. The molecule has 0 bridgehead atoms. The summed E-state index contributed by atoms with van der Waals surface area (Å²) in [5, 5.41) is 9.22. The summed E-state index contributed by atoms with van der Waals surface area (Å²) in [7, 11) is 1.56. The van der Waals surface area contributed by atoms with E-state index in [1.54, 1.807) is 25.3 Å².